The average Bonchev–Trinajstić information content (AvgIpc) is 2.86. The Labute approximate surface area is 155 Å². The minimum absolute atomic E-state index is 0.0629. The molecule has 24 heavy (non-hydrogen) atoms. The molecule has 0 bridgehead atoms. The van der Waals surface area contributed by atoms with Crippen LogP contribution in [0, 0.1) is 3.70 Å². The minimum Gasteiger partial charge on any atom is -0.444 e. The molecule has 8 heteroatoms. The summed E-state index contributed by atoms with van der Waals surface area (Å²) in [7, 11) is 0. The van der Waals surface area contributed by atoms with Crippen LogP contribution in [-0.4, -0.2) is 56.9 Å². The molecule has 0 spiro atoms. The Kier molecular flexibility index (Phi) is 4.58. The first-order valence-electron chi connectivity index (χ1n) is 7.99. The number of piperazine rings is 1. The second-order valence-corrected chi connectivity index (χ2v) is 8.12. The number of amides is 1. The number of nitrogens with zero attached hydrogens (tertiary/aromatic N) is 5. The van der Waals surface area contributed by atoms with Crippen molar-refractivity contribution in [3.05, 3.63) is 22.0 Å². The molecule has 0 saturated carbocycles. The van der Waals surface area contributed by atoms with Crippen LogP contribution in [0.1, 0.15) is 27.7 Å². The fourth-order valence-electron chi connectivity index (χ4n) is 2.76. The first kappa shape index (κ1) is 17.2. The van der Waals surface area contributed by atoms with Gasteiger partial charge in [0, 0.05) is 25.7 Å². The lowest BCUT2D eigenvalue weighted by molar-refractivity contribution is 0.0158. The van der Waals surface area contributed by atoms with Crippen LogP contribution in [0.15, 0.2) is 18.3 Å². The molecule has 2 aromatic heterocycles. The zero-order valence-electron chi connectivity index (χ0n) is 14.4. The van der Waals surface area contributed by atoms with Gasteiger partial charge in [0.15, 0.2) is 5.65 Å². The maximum Gasteiger partial charge on any atom is 0.410 e. The number of imidazole rings is 1. The van der Waals surface area contributed by atoms with Gasteiger partial charge in [-0.05, 0) is 62.4 Å². The van der Waals surface area contributed by atoms with Crippen molar-refractivity contribution in [2.75, 3.05) is 24.5 Å². The third-order valence-corrected chi connectivity index (χ3v) is 4.62. The molecule has 1 amide bonds. The van der Waals surface area contributed by atoms with E-state index >= 15 is 0 Å². The highest BCUT2D eigenvalue weighted by molar-refractivity contribution is 14.1. The molecule has 1 saturated heterocycles. The van der Waals surface area contributed by atoms with Gasteiger partial charge < -0.3 is 14.5 Å². The largest absolute Gasteiger partial charge is 0.444 e. The number of hydrogen-bond acceptors (Lipinski definition) is 5. The Morgan fingerprint density at radius 1 is 1.33 bits per heavy atom. The Morgan fingerprint density at radius 2 is 2.08 bits per heavy atom. The highest BCUT2D eigenvalue weighted by Crippen LogP contribution is 2.20. The van der Waals surface area contributed by atoms with Crippen LogP contribution in [0.3, 0.4) is 0 Å². The highest BCUT2D eigenvalue weighted by Gasteiger charge is 2.31. The summed E-state index contributed by atoms with van der Waals surface area (Å²) < 4.78 is 8.30. The molecule has 0 radical (unpaired) electrons. The smallest absolute Gasteiger partial charge is 0.410 e. The third kappa shape index (κ3) is 3.57. The Balaban J connectivity index is 1.72. The Morgan fingerprint density at radius 3 is 2.75 bits per heavy atom. The zero-order valence-corrected chi connectivity index (χ0v) is 16.5. The number of carbonyl (C=O) groups is 1. The van der Waals surface area contributed by atoms with E-state index in [1.54, 1.807) is 11.1 Å². The van der Waals surface area contributed by atoms with E-state index < -0.39 is 5.60 Å². The molecule has 130 valence electrons. The van der Waals surface area contributed by atoms with Crippen molar-refractivity contribution >= 4 is 40.1 Å². The first-order valence-corrected chi connectivity index (χ1v) is 9.07. The molecule has 0 N–H and O–H groups in total. The summed E-state index contributed by atoms with van der Waals surface area (Å²) in [6, 6.07) is 4.01. The molecule has 1 aliphatic heterocycles. The zero-order chi connectivity index (χ0) is 17.5. The summed E-state index contributed by atoms with van der Waals surface area (Å²) in [6.07, 6.45) is 1.55. The van der Waals surface area contributed by atoms with Gasteiger partial charge in [0.25, 0.3) is 0 Å². The standard InChI is InChI=1S/C16H22IN5O2/c1-11-10-20(7-8-21(11)15(23)24-16(2,3)4)14-6-5-13-18-9-12(17)22(13)19-14/h5-6,9,11H,7-8,10H2,1-4H3/t11-/m0/s1. The summed E-state index contributed by atoms with van der Waals surface area (Å²) in [5.41, 5.74) is 0.363. The van der Waals surface area contributed by atoms with Crippen molar-refractivity contribution in [3.63, 3.8) is 0 Å². The number of aromatic nitrogens is 3. The predicted octanol–water partition coefficient (Wildman–Crippen LogP) is 2.78. The van der Waals surface area contributed by atoms with Crippen LogP contribution < -0.4 is 4.90 Å². The second kappa shape index (κ2) is 6.38. The molecule has 3 heterocycles. The number of hydrogen-bond donors (Lipinski definition) is 0. The van der Waals surface area contributed by atoms with Gasteiger partial charge in [0.1, 0.15) is 15.1 Å². The van der Waals surface area contributed by atoms with E-state index in [0.29, 0.717) is 6.54 Å². The fraction of sp³-hybridized carbons (Fsp3) is 0.562. The average molecular weight is 443 g/mol. The summed E-state index contributed by atoms with van der Waals surface area (Å²) in [4.78, 5) is 20.6. The van der Waals surface area contributed by atoms with Gasteiger partial charge in [0.05, 0.1) is 6.20 Å². The van der Waals surface area contributed by atoms with Crippen molar-refractivity contribution in [3.8, 4) is 0 Å². The summed E-state index contributed by atoms with van der Waals surface area (Å²) in [6.45, 7) is 9.77. The van der Waals surface area contributed by atoms with Crippen LogP contribution in [0.25, 0.3) is 5.65 Å². The molecular weight excluding hydrogens is 421 g/mol. The van der Waals surface area contributed by atoms with Crippen molar-refractivity contribution in [2.45, 2.75) is 39.3 Å². The summed E-state index contributed by atoms with van der Waals surface area (Å²) in [5, 5.41) is 4.66. The van der Waals surface area contributed by atoms with E-state index in [1.807, 2.05) is 44.3 Å². The predicted molar refractivity (Wildman–Crippen MR) is 100 cm³/mol. The van der Waals surface area contributed by atoms with Crippen molar-refractivity contribution < 1.29 is 9.53 Å². The number of carbonyl (C=O) groups excluding carboxylic acids is 1. The summed E-state index contributed by atoms with van der Waals surface area (Å²) in [5.74, 6) is 0.897. The Hall–Kier alpha value is -1.58. The van der Waals surface area contributed by atoms with Crippen molar-refractivity contribution in [2.24, 2.45) is 0 Å². The second-order valence-electron chi connectivity index (χ2n) is 7.01. The molecular formula is C16H22IN5O2. The minimum atomic E-state index is -0.474. The highest BCUT2D eigenvalue weighted by atomic mass is 127. The maximum absolute atomic E-state index is 12.3. The normalized spacial score (nSPS) is 19.0. The van der Waals surface area contributed by atoms with Gasteiger partial charge in [-0.1, -0.05) is 0 Å². The van der Waals surface area contributed by atoms with Gasteiger partial charge >= 0.3 is 6.09 Å². The molecule has 0 unspecified atom stereocenters. The topological polar surface area (TPSA) is 63.0 Å². The molecule has 1 aliphatic rings. The lowest BCUT2D eigenvalue weighted by Crippen LogP contribution is -2.55. The van der Waals surface area contributed by atoms with E-state index in [9.17, 15) is 4.79 Å². The van der Waals surface area contributed by atoms with E-state index in [0.717, 1.165) is 28.3 Å². The van der Waals surface area contributed by atoms with Crippen LogP contribution in [0.2, 0.25) is 0 Å². The Bertz CT molecular complexity index is 754. The SMILES string of the molecule is C[C@H]1CN(c2ccc3ncc(I)n3n2)CCN1C(=O)OC(C)(C)C. The first-order chi connectivity index (χ1) is 11.2. The van der Waals surface area contributed by atoms with E-state index in [4.69, 9.17) is 4.74 Å². The number of halogens is 1. The van der Waals surface area contributed by atoms with Gasteiger partial charge in [-0.2, -0.15) is 0 Å². The van der Waals surface area contributed by atoms with Crippen LogP contribution >= 0.6 is 22.6 Å². The van der Waals surface area contributed by atoms with Gasteiger partial charge in [-0.25, -0.2) is 14.3 Å². The number of fused-ring (bicyclic) bond motifs is 1. The van der Waals surface area contributed by atoms with E-state index in [2.05, 4.69) is 37.6 Å². The van der Waals surface area contributed by atoms with Gasteiger partial charge in [0.2, 0.25) is 0 Å². The number of anilines is 1. The van der Waals surface area contributed by atoms with Crippen LogP contribution in [0.5, 0.6) is 0 Å². The third-order valence-electron chi connectivity index (χ3n) is 3.89. The van der Waals surface area contributed by atoms with Crippen LogP contribution in [0.4, 0.5) is 10.6 Å². The monoisotopic (exact) mass is 443 g/mol. The summed E-state index contributed by atoms with van der Waals surface area (Å²) >= 11 is 2.22. The van der Waals surface area contributed by atoms with E-state index in [1.165, 1.54) is 0 Å². The molecule has 0 aromatic carbocycles. The van der Waals surface area contributed by atoms with Gasteiger partial charge in [-0.15, -0.1) is 5.10 Å². The molecule has 3 rings (SSSR count). The molecule has 1 atom stereocenters. The molecule has 1 fully saturated rings. The van der Waals surface area contributed by atoms with Crippen molar-refractivity contribution in [1.82, 2.24) is 19.5 Å². The van der Waals surface area contributed by atoms with Crippen molar-refractivity contribution in [1.29, 1.82) is 0 Å². The number of rotatable bonds is 1. The molecule has 0 aliphatic carbocycles. The van der Waals surface area contributed by atoms with E-state index in [-0.39, 0.29) is 12.1 Å². The lowest BCUT2D eigenvalue weighted by atomic mass is 10.2. The maximum atomic E-state index is 12.3. The van der Waals surface area contributed by atoms with Crippen LogP contribution in [-0.2, 0) is 4.74 Å². The number of ether oxygens (including phenoxy) is 1. The fourth-order valence-corrected chi connectivity index (χ4v) is 3.26. The van der Waals surface area contributed by atoms with Gasteiger partial charge in [-0.3, -0.25) is 0 Å². The molecule has 7 nitrogen and oxygen atoms in total. The lowest BCUT2D eigenvalue weighted by Gasteiger charge is -2.40. The molecule has 2 aromatic rings. The quantitative estimate of drug-likeness (QED) is 0.635.